The monoisotopic (exact) mass is 392 g/mol. The van der Waals surface area contributed by atoms with Gasteiger partial charge >= 0.3 is 0 Å². The van der Waals surface area contributed by atoms with Crippen LogP contribution in [0, 0.1) is 12.8 Å². The van der Waals surface area contributed by atoms with E-state index in [4.69, 9.17) is 4.98 Å². The van der Waals surface area contributed by atoms with Crippen LogP contribution in [0.4, 0.5) is 0 Å². The number of rotatable bonds is 7. The molecule has 2 fully saturated rings. The van der Waals surface area contributed by atoms with Crippen molar-refractivity contribution in [2.45, 2.75) is 71.0 Å². The number of likely N-dealkylation sites (tertiary alicyclic amines) is 1. The molecule has 1 saturated heterocycles. The van der Waals surface area contributed by atoms with Crippen LogP contribution in [0.15, 0.2) is 42.7 Å². The molecule has 0 N–H and O–H groups in total. The molecule has 0 bridgehead atoms. The second-order valence-corrected chi connectivity index (χ2v) is 9.10. The second kappa shape index (κ2) is 10.3. The summed E-state index contributed by atoms with van der Waals surface area (Å²) in [6, 6.07) is 11.5. The van der Waals surface area contributed by atoms with Crippen molar-refractivity contribution < 1.29 is 0 Å². The van der Waals surface area contributed by atoms with Gasteiger partial charge in [0.25, 0.3) is 0 Å². The summed E-state index contributed by atoms with van der Waals surface area (Å²) in [6.07, 6.45) is 13.7. The third-order valence-electron chi connectivity index (χ3n) is 6.62. The lowest BCUT2D eigenvalue weighted by Gasteiger charge is -2.41. The molecule has 1 atom stereocenters. The average molecular weight is 393 g/mol. The van der Waals surface area contributed by atoms with E-state index in [0.717, 1.165) is 37.3 Å². The molecular formula is C25H36N4. The topological polar surface area (TPSA) is 32.3 Å². The Morgan fingerprint density at radius 2 is 1.90 bits per heavy atom. The highest BCUT2D eigenvalue weighted by molar-refractivity contribution is 5.12. The Hall–Kier alpha value is -1.78. The second-order valence-electron chi connectivity index (χ2n) is 9.10. The number of piperidine rings is 1. The molecule has 4 heteroatoms. The van der Waals surface area contributed by atoms with Gasteiger partial charge in [-0.2, -0.15) is 0 Å². The van der Waals surface area contributed by atoms with Crippen LogP contribution in [0.2, 0.25) is 0 Å². The van der Waals surface area contributed by atoms with Crippen molar-refractivity contribution in [1.82, 2.24) is 19.8 Å². The average Bonchev–Trinajstić information content (AvgIpc) is 2.75. The van der Waals surface area contributed by atoms with E-state index in [2.05, 4.69) is 46.0 Å². The molecule has 2 aromatic rings. The molecule has 29 heavy (non-hydrogen) atoms. The highest BCUT2D eigenvalue weighted by Gasteiger charge is 2.28. The number of nitrogens with zero attached hydrogens (tertiary/aromatic N) is 4. The maximum absolute atomic E-state index is 4.77. The molecular weight excluding hydrogens is 356 g/mol. The first-order valence-corrected chi connectivity index (χ1v) is 11.5. The fraction of sp³-hybridized carbons (Fsp3) is 0.600. The first-order valence-electron chi connectivity index (χ1n) is 11.5. The summed E-state index contributed by atoms with van der Waals surface area (Å²) in [7, 11) is 0. The smallest absolute Gasteiger partial charge is 0.0547 e. The van der Waals surface area contributed by atoms with Crippen molar-refractivity contribution >= 4 is 0 Å². The molecule has 0 amide bonds. The van der Waals surface area contributed by atoms with Gasteiger partial charge in [0.05, 0.1) is 5.69 Å². The molecule has 2 aromatic heterocycles. The predicted octanol–water partition coefficient (Wildman–Crippen LogP) is 4.83. The minimum absolute atomic E-state index is 0.757. The van der Waals surface area contributed by atoms with Crippen LogP contribution in [-0.4, -0.2) is 45.4 Å². The van der Waals surface area contributed by atoms with Gasteiger partial charge in [-0.1, -0.05) is 31.4 Å². The van der Waals surface area contributed by atoms with E-state index in [1.54, 1.807) is 0 Å². The molecule has 1 saturated carbocycles. The summed E-state index contributed by atoms with van der Waals surface area (Å²) in [5.74, 6) is 0.757. The van der Waals surface area contributed by atoms with Crippen molar-refractivity contribution in [2.24, 2.45) is 5.92 Å². The predicted molar refractivity (Wildman–Crippen MR) is 118 cm³/mol. The number of hydrogen-bond acceptors (Lipinski definition) is 4. The van der Waals surface area contributed by atoms with Gasteiger partial charge in [0.15, 0.2) is 0 Å². The lowest BCUT2D eigenvalue weighted by atomic mass is 9.90. The van der Waals surface area contributed by atoms with Gasteiger partial charge in [-0.25, -0.2) is 0 Å². The van der Waals surface area contributed by atoms with E-state index in [1.807, 2.05) is 18.5 Å². The van der Waals surface area contributed by atoms with Gasteiger partial charge in [-0.15, -0.1) is 0 Å². The van der Waals surface area contributed by atoms with Crippen LogP contribution in [-0.2, 0) is 13.1 Å². The normalized spacial score (nSPS) is 21.5. The number of aromatic nitrogens is 2. The van der Waals surface area contributed by atoms with Crippen LogP contribution in [0.3, 0.4) is 0 Å². The highest BCUT2D eigenvalue weighted by Crippen LogP contribution is 2.28. The standard InChI is InChI=1S/C25H36N4/c1-21-8-5-11-24(27-21)20-28(17-22-9-6-14-26-16-22)18-23-10-7-15-29(19-23)25-12-3-2-4-13-25/h5-6,8-9,11,14,16,23,25H,2-4,7,10,12-13,15,17-20H2,1H3/t23-/m1/s1. The first-order chi connectivity index (χ1) is 14.3. The van der Waals surface area contributed by atoms with Crippen molar-refractivity contribution in [2.75, 3.05) is 19.6 Å². The maximum atomic E-state index is 4.77. The lowest BCUT2D eigenvalue weighted by Crippen LogP contribution is -2.46. The molecule has 3 heterocycles. The van der Waals surface area contributed by atoms with E-state index in [1.165, 1.54) is 69.3 Å². The van der Waals surface area contributed by atoms with Crippen LogP contribution in [0.1, 0.15) is 61.9 Å². The minimum atomic E-state index is 0.757. The summed E-state index contributed by atoms with van der Waals surface area (Å²) >= 11 is 0. The molecule has 0 unspecified atom stereocenters. The lowest BCUT2D eigenvalue weighted by molar-refractivity contribution is 0.0768. The molecule has 4 rings (SSSR count). The van der Waals surface area contributed by atoms with Gasteiger partial charge in [0.1, 0.15) is 0 Å². The Kier molecular flexibility index (Phi) is 7.28. The van der Waals surface area contributed by atoms with Crippen LogP contribution in [0.5, 0.6) is 0 Å². The number of aryl methyl sites for hydroxylation is 1. The Balaban J connectivity index is 1.42. The fourth-order valence-corrected chi connectivity index (χ4v) is 5.24. The molecule has 156 valence electrons. The van der Waals surface area contributed by atoms with Crippen LogP contribution in [0.25, 0.3) is 0 Å². The molecule has 2 aliphatic rings. The molecule has 0 aromatic carbocycles. The van der Waals surface area contributed by atoms with Crippen LogP contribution < -0.4 is 0 Å². The highest BCUT2D eigenvalue weighted by atomic mass is 15.2. The Labute approximate surface area is 176 Å². The zero-order valence-electron chi connectivity index (χ0n) is 18.0. The van der Waals surface area contributed by atoms with Crippen molar-refractivity contribution in [1.29, 1.82) is 0 Å². The zero-order chi connectivity index (χ0) is 19.9. The van der Waals surface area contributed by atoms with Crippen molar-refractivity contribution in [3.63, 3.8) is 0 Å². The quantitative estimate of drug-likeness (QED) is 0.675. The van der Waals surface area contributed by atoms with Gasteiger partial charge in [-0.3, -0.25) is 14.9 Å². The van der Waals surface area contributed by atoms with E-state index in [9.17, 15) is 0 Å². The van der Waals surface area contributed by atoms with E-state index in [0.29, 0.717) is 0 Å². The molecule has 1 aliphatic heterocycles. The van der Waals surface area contributed by atoms with Gasteiger partial charge in [0, 0.05) is 50.3 Å². The minimum Gasteiger partial charge on any atom is -0.300 e. The van der Waals surface area contributed by atoms with Gasteiger partial charge < -0.3 is 4.90 Å². The first kappa shape index (κ1) is 20.5. The van der Waals surface area contributed by atoms with Crippen molar-refractivity contribution in [3.05, 3.63) is 59.7 Å². The fourth-order valence-electron chi connectivity index (χ4n) is 5.24. The zero-order valence-corrected chi connectivity index (χ0v) is 18.0. The van der Waals surface area contributed by atoms with Crippen molar-refractivity contribution in [3.8, 4) is 0 Å². The van der Waals surface area contributed by atoms with Crippen LogP contribution >= 0.6 is 0 Å². The summed E-state index contributed by atoms with van der Waals surface area (Å²) < 4.78 is 0. The molecule has 0 radical (unpaired) electrons. The summed E-state index contributed by atoms with van der Waals surface area (Å²) in [4.78, 5) is 14.5. The molecule has 0 spiro atoms. The Morgan fingerprint density at radius 3 is 2.69 bits per heavy atom. The summed E-state index contributed by atoms with van der Waals surface area (Å²) in [5.41, 5.74) is 3.57. The Bertz CT molecular complexity index is 741. The van der Waals surface area contributed by atoms with E-state index >= 15 is 0 Å². The maximum Gasteiger partial charge on any atom is 0.0547 e. The van der Waals surface area contributed by atoms with E-state index < -0.39 is 0 Å². The SMILES string of the molecule is Cc1cccc(CN(Cc2cccnc2)C[C@H]2CCCN(C3CCCCC3)C2)n1. The third-order valence-corrected chi connectivity index (χ3v) is 6.62. The summed E-state index contributed by atoms with van der Waals surface area (Å²) in [6.45, 7) is 7.67. The molecule has 4 nitrogen and oxygen atoms in total. The molecule has 1 aliphatic carbocycles. The van der Waals surface area contributed by atoms with Gasteiger partial charge in [-0.05, 0) is 68.8 Å². The largest absolute Gasteiger partial charge is 0.300 e. The van der Waals surface area contributed by atoms with E-state index in [-0.39, 0.29) is 0 Å². The third kappa shape index (κ3) is 6.10. The summed E-state index contributed by atoms with van der Waals surface area (Å²) in [5, 5.41) is 0. The van der Waals surface area contributed by atoms with Gasteiger partial charge in [0.2, 0.25) is 0 Å². The number of pyridine rings is 2. The Morgan fingerprint density at radius 1 is 1.00 bits per heavy atom. The number of hydrogen-bond donors (Lipinski definition) is 0.